The highest BCUT2D eigenvalue weighted by atomic mass is 32.1. The number of thiophene rings is 1. The summed E-state index contributed by atoms with van der Waals surface area (Å²) in [6.07, 6.45) is 9.41. The lowest BCUT2D eigenvalue weighted by Crippen LogP contribution is -2.20. The Bertz CT molecular complexity index is 1750. The summed E-state index contributed by atoms with van der Waals surface area (Å²) in [5.41, 5.74) is 6.79. The number of pyridine rings is 2. The number of H-pyrrole nitrogens is 2. The van der Waals surface area contributed by atoms with E-state index < -0.39 is 0 Å². The Hall–Kier alpha value is -4.37. The second-order valence-corrected chi connectivity index (χ2v) is 10.3. The van der Waals surface area contributed by atoms with Gasteiger partial charge in [-0.2, -0.15) is 5.10 Å². The average molecular weight is 506 g/mol. The van der Waals surface area contributed by atoms with Gasteiger partial charge >= 0.3 is 0 Å². The molecule has 5 heterocycles. The van der Waals surface area contributed by atoms with Crippen LogP contribution in [0.4, 0.5) is 5.69 Å². The SMILES string of the molecule is O=C(Nc1cncc(-c2cnc3[nH]nc(-c4nc5c(-c6cccs6)cccc5[nH]4)c3c2)c1)C1CCCC1. The first-order valence-electron chi connectivity index (χ1n) is 12.4. The van der Waals surface area contributed by atoms with Crippen LogP contribution in [0, 0.1) is 5.92 Å². The molecule has 0 aliphatic heterocycles. The summed E-state index contributed by atoms with van der Waals surface area (Å²) in [5.74, 6) is 0.855. The fraction of sp³-hybridized carbons (Fsp3) is 0.179. The number of fused-ring (bicyclic) bond motifs is 2. The Labute approximate surface area is 216 Å². The molecule has 1 saturated carbocycles. The molecule has 6 aromatic rings. The first kappa shape index (κ1) is 21.9. The number of aromatic amines is 2. The third kappa shape index (κ3) is 3.97. The third-order valence-electron chi connectivity index (χ3n) is 7.01. The lowest BCUT2D eigenvalue weighted by Gasteiger charge is -2.11. The number of para-hydroxylation sites is 1. The first-order chi connectivity index (χ1) is 18.2. The monoisotopic (exact) mass is 505 g/mol. The summed E-state index contributed by atoms with van der Waals surface area (Å²) in [6, 6.07) is 14.3. The van der Waals surface area contributed by atoms with E-state index in [1.807, 2.05) is 30.3 Å². The van der Waals surface area contributed by atoms with Crippen molar-refractivity contribution in [2.24, 2.45) is 5.92 Å². The second-order valence-electron chi connectivity index (χ2n) is 9.39. The summed E-state index contributed by atoms with van der Waals surface area (Å²) in [6.45, 7) is 0. The highest BCUT2D eigenvalue weighted by Gasteiger charge is 2.23. The number of nitrogens with one attached hydrogen (secondary N) is 3. The number of carbonyl (C=O) groups is 1. The molecule has 7 rings (SSSR count). The Kier molecular flexibility index (Phi) is 5.28. The van der Waals surface area contributed by atoms with Gasteiger partial charge in [0.1, 0.15) is 5.69 Å². The number of nitrogens with zero attached hydrogens (tertiary/aromatic N) is 4. The molecule has 3 N–H and O–H groups in total. The number of aromatic nitrogens is 6. The molecule has 182 valence electrons. The van der Waals surface area contributed by atoms with E-state index >= 15 is 0 Å². The number of imidazole rings is 1. The molecule has 8 nitrogen and oxygen atoms in total. The quantitative estimate of drug-likeness (QED) is 0.250. The van der Waals surface area contributed by atoms with Crippen molar-refractivity contribution in [3.8, 4) is 33.1 Å². The molecule has 5 aromatic heterocycles. The van der Waals surface area contributed by atoms with E-state index in [0.29, 0.717) is 22.9 Å². The number of hydrogen-bond donors (Lipinski definition) is 3. The van der Waals surface area contributed by atoms with E-state index in [0.717, 1.165) is 58.8 Å². The van der Waals surface area contributed by atoms with Crippen LogP contribution in [0.25, 0.3) is 55.2 Å². The van der Waals surface area contributed by atoms with E-state index in [1.54, 1.807) is 29.9 Å². The zero-order chi connectivity index (χ0) is 24.8. The zero-order valence-electron chi connectivity index (χ0n) is 19.9. The Morgan fingerprint density at radius 2 is 1.92 bits per heavy atom. The largest absolute Gasteiger partial charge is 0.337 e. The normalized spacial score (nSPS) is 14.1. The molecule has 37 heavy (non-hydrogen) atoms. The van der Waals surface area contributed by atoms with Gasteiger partial charge in [0.15, 0.2) is 11.5 Å². The van der Waals surface area contributed by atoms with Gasteiger partial charge in [0.2, 0.25) is 5.91 Å². The predicted molar refractivity (Wildman–Crippen MR) is 146 cm³/mol. The highest BCUT2D eigenvalue weighted by molar-refractivity contribution is 7.13. The van der Waals surface area contributed by atoms with Crippen molar-refractivity contribution in [1.29, 1.82) is 0 Å². The lowest BCUT2D eigenvalue weighted by atomic mass is 10.1. The van der Waals surface area contributed by atoms with E-state index in [4.69, 9.17) is 4.98 Å². The molecule has 1 aromatic carbocycles. The van der Waals surface area contributed by atoms with E-state index in [2.05, 4.69) is 48.0 Å². The fourth-order valence-electron chi connectivity index (χ4n) is 5.12. The molecule has 0 radical (unpaired) electrons. The lowest BCUT2D eigenvalue weighted by molar-refractivity contribution is -0.119. The number of carbonyl (C=O) groups excluding carboxylic acids is 1. The number of benzene rings is 1. The summed E-state index contributed by atoms with van der Waals surface area (Å²) < 4.78 is 0. The molecular weight excluding hydrogens is 482 g/mol. The molecule has 9 heteroatoms. The molecular formula is C28H23N7OS. The maximum atomic E-state index is 12.6. The standard InChI is InChI=1S/C28H23N7OS/c36-28(16-5-1-2-6-16)31-19-11-17(13-29-15-19)18-12-21-25(34-35-26(21)30-14-18)27-32-22-8-3-7-20(24(22)33-27)23-9-4-10-37-23/h3-4,7-16H,1-2,5-6H2,(H,31,36)(H,32,33)(H,30,34,35). The highest BCUT2D eigenvalue weighted by Crippen LogP contribution is 2.34. The van der Waals surface area contributed by atoms with E-state index in [1.165, 1.54) is 4.88 Å². The molecule has 1 aliphatic carbocycles. The van der Waals surface area contributed by atoms with Gasteiger partial charge in [-0.1, -0.05) is 31.0 Å². The van der Waals surface area contributed by atoms with E-state index in [9.17, 15) is 4.79 Å². The van der Waals surface area contributed by atoms with Crippen LogP contribution in [0.2, 0.25) is 0 Å². The molecule has 0 bridgehead atoms. The van der Waals surface area contributed by atoms with Crippen LogP contribution < -0.4 is 5.32 Å². The Morgan fingerprint density at radius 1 is 1.03 bits per heavy atom. The van der Waals surface area contributed by atoms with Crippen molar-refractivity contribution in [3.05, 3.63) is 66.4 Å². The number of anilines is 1. The summed E-state index contributed by atoms with van der Waals surface area (Å²) >= 11 is 1.69. The maximum absolute atomic E-state index is 12.6. The second kappa shape index (κ2) is 8.94. The fourth-order valence-corrected chi connectivity index (χ4v) is 5.87. The van der Waals surface area contributed by atoms with Gasteiger partial charge in [-0.15, -0.1) is 11.3 Å². The maximum Gasteiger partial charge on any atom is 0.227 e. The van der Waals surface area contributed by atoms with Crippen LogP contribution in [-0.2, 0) is 4.79 Å². The van der Waals surface area contributed by atoms with Crippen molar-refractivity contribution in [2.75, 3.05) is 5.32 Å². The number of rotatable bonds is 5. The van der Waals surface area contributed by atoms with Crippen molar-refractivity contribution < 1.29 is 4.79 Å². The van der Waals surface area contributed by atoms with Gasteiger partial charge in [0, 0.05) is 39.9 Å². The Morgan fingerprint density at radius 3 is 2.78 bits per heavy atom. The van der Waals surface area contributed by atoms with Crippen LogP contribution >= 0.6 is 11.3 Å². The third-order valence-corrected chi connectivity index (χ3v) is 7.91. The minimum Gasteiger partial charge on any atom is -0.337 e. The van der Waals surface area contributed by atoms with Gasteiger partial charge in [-0.05, 0) is 42.5 Å². The number of hydrogen-bond acceptors (Lipinski definition) is 6. The summed E-state index contributed by atoms with van der Waals surface area (Å²) in [5, 5.41) is 13.5. The molecule has 1 aliphatic rings. The molecule has 0 unspecified atom stereocenters. The number of amides is 1. The van der Waals surface area contributed by atoms with Crippen LogP contribution in [0.5, 0.6) is 0 Å². The van der Waals surface area contributed by atoms with Gasteiger partial charge in [-0.3, -0.25) is 14.9 Å². The topological polar surface area (TPSA) is 112 Å². The van der Waals surface area contributed by atoms with Crippen LogP contribution in [0.1, 0.15) is 25.7 Å². The smallest absolute Gasteiger partial charge is 0.227 e. The van der Waals surface area contributed by atoms with Crippen molar-refractivity contribution >= 4 is 45.0 Å². The predicted octanol–water partition coefficient (Wildman–Crippen LogP) is 6.42. The summed E-state index contributed by atoms with van der Waals surface area (Å²) in [7, 11) is 0. The van der Waals surface area contributed by atoms with Gasteiger partial charge in [0.25, 0.3) is 0 Å². The Balaban J connectivity index is 1.25. The van der Waals surface area contributed by atoms with E-state index in [-0.39, 0.29) is 11.8 Å². The molecule has 0 saturated heterocycles. The van der Waals surface area contributed by atoms with Crippen LogP contribution in [0.3, 0.4) is 0 Å². The van der Waals surface area contributed by atoms with Crippen LogP contribution in [0.15, 0.2) is 66.4 Å². The van der Waals surface area contributed by atoms with Crippen molar-refractivity contribution in [3.63, 3.8) is 0 Å². The minimum atomic E-state index is 0.0777. The molecule has 0 atom stereocenters. The van der Waals surface area contributed by atoms with Gasteiger partial charge < -0.3 is 10.3 Å². The van der Waals surface area contributed by atoms with Crippen molar-refractivity contribution in [1.82, 2.24) is 30.1 Å². The summed E-state index contributed by atoms with van der Waals surface area (Å²) in [4.78, 5) is 31.1. The van der Waals surface area contributed by atoms with Gasteiger partial charge in [0.05, 0.1) is 28.3 Å². The molecule has 0 spiro atoms. The average Bonchev–Trinajstić information content (AvgIpc) is 3.74. The van der Waals surface area contributed by atoms with Gasteiger partial charge in [-0.25, -0.2) is 9.97 Å². The molecule has 1 amide bonds. The zero-order valence-corrected chi connectivity index (χ0v) is 20.7. The van der Waals surface area contributed by atoms with Crippen LogP contribution in [-0.4, -0.2) is 36.0 Å². The van der Waals surface area contributed by atoms with Crippen molar-refractivity contribution in [2.45, 2.75) is 25.7 Å². The minimum absolute atomic E-state index is 0.0777. The first-order valence-corrected chi connectivity index (χ1v) is 13.2. The molecule has 1 fully saturated rings.